The first-order valence-electron chi connectivity index (χ1n) is 10.2. The maximum atomic E-state index is 6.04. The molecular formula is C23H32N4O2. The fraction of sp³-hybridized carbons (Fsp3) is 0.435. The molecule has 0 aliphatic carbocycles. The molecule has 6 nitrogen and oxygen atoms in total. The van der Waals surface area contributed by atoms with Crippen LogP contribution in [0.5, 0.6) is 11.5 Å². The molecule has 1 unspecified atom stereocenters. The Balaban J connectivity index is 1.55. The van der Waals surface area contributed by atoms with Crippen LogP contribution in [0.3, 0.4) is 0 Å². The highest BCUT2D eigenvalue weighted by Crippen LogP contribution is 2.29. The van der Waals surface area contributed by atoms with Gasteiger partial charge in [0.05, 0.1) is 20.8 Å². The van der Waals surface area contributed by atoms with Crippen LogP contribution in [-0.2, 0) is 13.1 Å². The van der Waals surface area contributed by atoms with E-state index >= 15 is 0 Å². The molecule has 0 radical (unpaired) electrons. The van der Waals surface area contributed by atoms with Gasteiger partial charge in [0, 0.05) is 24.3 Å². The number of ether oxygens (including phenoxy) is 2. The molecule has 1 fully saturated rings. The lowest BCUT2D eigenvalue weighted by molar-refractivity contribution is 0.152. The number of piperidine rings is 1. The maximum Gasteiger partial charge on any atom is 0.193 e. The number of aliphatic imine (C=N–C) groups is 1. The van der Waals surface area contributed by atoms with Gasteiger partial charge < -0.3 is 20.5 Å². The standard InChI is InChI=1S/C23H32N4O2/c1-17-6-4-5-13-27(17)16-19-9-7-18(8-10-19)15-25-23(24)26-20-11-12-21(28-2)22(14-20)29-3/h7-12,14,17H,4-6,13,15-16H2,1-3H3,(H3,24,25,26). The average Bonchev–Trinajstić information content (AvgIpc) is 2.74. The molecule has 0 saturated carbocycles. The van der Waals surface area contributed by atoms with Crippen LogP contribution in [0.2, 0.25) is 0 Å². The summed E-state index contributed by atoms with van der Waals surface area (Å²) >= 11 is 0. The van der Waals surface area contributed by atoms with E-state index in [2.05, 4.69) is 46.4 Å². The third-order valence-corrected chi connectivity index (χ3v) is 5.44. The van der Waals surface area contributed by atoms with Crippen molar-refractivity contribution in [2.45, 2.75) is 45.3 Å². The van der Waals surface area contributed by atoms with Gasteiger partial charge in [-0.25, -0.2) is 4.99 Å². The fourth-order valence-corrected chi connectivity index (χ4v) is 3.65. The molecular weight excluding hydrogens is 364 g/mol. The number of nitrogens with one attached hydrogen (secondary N) is 1. The molecule has 2 aromatic carbocycles. The van der Waals surface area contributed by atoms with E-state index in [1.807, 2.05) is 18.2 Å². The summed E-state index contributed by atoms with van der Waals surface area (Å²) in [6.07, 6.45) is 3.97. The van der Waals surface area contributed by atoms with E-state index in [0.717, 1.165) is 17.8 Å². The molecule has 0 amide bonds. The second kappa shape index (κ2) is 10.2. The quantitative estimate of drug-likeness (QED) is 0.547. The third-order valence-electron chi connectivity index (χ3n) is 5.44. The van der Waals surface area contributed by atoms with Gasteiger partial charge in [-0.3, -0.25) is 4.90 Å². The van der Waals surface area contributed by atoms with Gasteiger partial charge in [-0.15, -0.1) is 0 Å². The molecule has 156 valence electrons. The Hall–Kier alpha value is -2.73. The number of hydrogen-bond donors (Lipinski definition) is 2. The van der Waals surface area contributed by atoms with E-state index in [9.17, 15) is 0 Å². The van der Waals surface area contributed by atoms with E-state index < -0.39 is 0 Å². The van der Waals surface area contributed by atoms with Crippen molar-refractivity contribution >= 4 is 11.6 Å². The molecule has 0 bridgehead atoms. The average molecular weight is 397 g/mol. The molecule has 1 aliphatic rings. The van der Waals surface area contributed by atoms with Crippen molar-refractivity contribution in [2.75, 3.05) is 26.1 Å². The highest BCUT2D eigenvalue weighted by molar-refractivity contribution is 5.92. The number of guanidine groups is 1. The Morgan fingerprint density at radius 3 is 2.48 bits per heavy atom. The summed E-state index contributed by atoms with van der Waals surface area (Å²) in [5.41, 5.74) is 9.33. The van der Waals surface area contributed by atoms with Crippen LogP contribution in [0.1, 0.15) is 37.3 Å². The molecule has 0 aromatic heterocycles. The molecule has 3 N–H and O–H groups in total. The minimum Gasteiger partial charge on any atom is -0.493 e. The van der Waals surface area contributed by atoms with Gasteiger partial charge in [0.25, 0.3) is 0 Å². The monoisotopic (exact) mass is 396 g/mol. The minimum atomic E-state index is 0.364. The number of benzene rings is 2. The smallest absolute Gasteiger partial charge is 0.193 e. The summed E-state index contributed by atoms with van der Waals surface area (Å²) in [4.78, 5) is 7.02. The highest BCUT2D eigenvalue weighted by atomic mass is 16.5. The second-order valence-corrected chi connectivity index (χ2v) is 7.53. The van der Waals surface area contributed by atoms with Gasteiger partial charge in [0.2, 0.25) is 0 Å². The lowest BCUT2D eigenvalue weighted by Crippen LogP contribution is -2.36. The zero-order chi connectivity index (χ0) is 20.6. The summed E-state index contributed by atoms with van der Waals surface area (Å²) in [6, 6.07) is 14.9. The summed E-state index contributed by atoms with van der Waals surface area (Å²) in [5, 5.41) is 3.09. The Morgan fingerprint density at radius 1 is 1.07 bits per heavy atom. The van der Waals surface area contributed by atoms with Crippen molar-refractivity contribution in [1.29, 1.82) is 0 Å². The van der Waals surface area contributed by atoms with Gasteiger partial charge >= 0.3 is 0 Å². The van der Waals surface area contributed by atoms with Crippen LogP contribution in [-0.4, -0.2) is 37.7 Å². The van der Waals surface area contributed by atoms with E-state index in [-0.39, 0.29) is 0 Å². The summed E-state index contributed by atoms with van der Waals surface area (Å²) in [6.45, 7) is 5.09. The van der Waals surface area contributed by atoms with Crippen molar-refractivity contribution in [2.24, 2.45) is 10.7 Å². The number of hydrogen-bond acceptors (Lipinski definition) is 4. The van der Waals surface area contributed by atoms with Gasteiger partial charge in [-0.05, 0) is 49.6 Å². The summed E-state index contributed by atoms with van der Waals surface area (Å²) < 4.78 is 10.6. The van der Waals surface area contributed by atoms with Crippen LogP contribution in [0.4, 0.5) is 5.69 Å². The van der Waals surface area contributed by atoms with Crippen LogP contribution < -0.4 is 20.5 Å². The first-order chi connectivity index (χ1) is 14.1. The van der Waals surface area contributed by atoms with Crippen LogP contribution in [0.25, 0.3) is 0 Å². The predicted octanol–water partition coefficient (Wildman–Crippen LogP) is 4.01. The van der Waals surface area contributed by atoms with Crippen molar-refractivity contribution < 1.29 is 9.47 Å². The molecule has 2 aromatic rings. The second-order valence-electron chi connectivity index (χ2n) is 7.53. The van der Waals surface area contributed by atoms with Gasteiger partial charge in [0.1, 0.15) is 0 Å². The molecule has 1 atom stereocenters. The molecule has 29 heavy (non-hydrogen) atoms. The van der Waals surface area contributed by atoms with Gasteiger partial charge in [-0.1, -0.05) is 30.7 Å². The number of nitrogens with zero attached hydrogens (tertiary/aromatic N) is 2. The topological polar surface area (TPSA) is 72.1 Å². The Morgan fingerprint density at radius 2 is 1.79 bits per heavy atom. The van der Waals surface area contributed by atoms with E-state index in [1.54, 1.807) is 14.2 Å². The number of likely N-dealkylation sites (tertiary alicyclic amines) is 1. The zero-order valence-electron chi connectivity index (χ0n) is 17.6. The zero-order valence-corrected chi connectivity index (χ0v) is 17.6. The van der Waals surface area contributed by atoms with Crippen LogP contribution >= 0.6 is 0 Å². The number of anilines is 1. The SMILES string of the molecule is COc1ccc(NC(N)=NCc2ccc(CN3CCCCC3C)cc2)cc1OC. The van der Waals surface area contributed by atoms with Crippen molar-refractivity contribution in [3.63, 3.8) is 0 Å². The number of nitrogens with two attached hydrogens (primary N) is 1. The first kappa shape index (κ1) is 21.0. The summed E-state index contributed by atoms with van der Waals surface area (Å²) in [5.74, 6) is 1.68. The number of methoxy groups -OCH3 is 2. The Bertz CT molecular complexity index is 820. The molecule has 1 saturated heterocycles. The Labute approximate surface area is 173 Å². The van der Waals surface area contributed by atoms with Crippen LogP contribution in [0.15, 0.2) is 47.5 Å². The summed E-state index contributed by atoms with van der Waals surface area (Å²) in [7, 11) is 3.22. The van der Waals surface area contributed by atoms with Crippen molar-refractivity contribution in [1.82, 2.24) is 4.90 Å². The van der Waals surface area contributed by atoms with Gasteiger partial charge in [0.15, 0.2) is 17.5 Å². The van der Waals surface area contributed by atoms with Gasteiger partial charge in [-0.2, -0.15) is 0 Å². The first-order valence-corrected chi connectivity index (χ1v) is 10.2. The third kappa shape index (κ3) is 5.87. The van der Waals surface area contributed by atoms with Crippen LogP contribution in [0, 0.1) is 0 Å². The predicted molar refractivity (Wildman–Crippen MR) is 119 cm³/mol. The minimum absolute atomic E-state index is 0.364. The highest BCUT2D eigenvalue weighted by Gasteiger charge is 2.17. The molecule has 1 heterocycles. The Kier molecular flexibility index (Phi) is 7.36. The van der Waals surface area contributed by atoms with E-state index in [1.165, 1.54) is 31.4 Å². The van der Waals surface area contributed by atoms with Crippen molar-refractivity contribution in [3.8, 4) is 11.5 Å². The molecule has 3 rings (SSSR count). The number of rotatable bonds is 7. The lowest BCUT2D eigenvalue weighted by Gasteiger charge is -2.33. The fourth-order valence-electron chi connectivity index (χ4n) is 3.65. The normalized spacial score (nSPS) is 17.8. The largest absolute Gasteiger partial charge is 0.493 e. The lowest BCUT2D eigenvalue weighted by atomic mass is 10.0. The molecule has 1 aliphatic heterocycles. The molecule has 6 heteroatoms. The van der Waals surface area contributed by atoms with Crippen molar-refractivity contribution in [3.05, 3.63) is 53.6 Å². The van der Waals surface area contributed by atoms with E-state index in [4.69, 9.17) is 15.2 Å². The van der Waals surface area contributed by atoms with E-state index in [0.29, 0.717) is 30.0 Å². The maximum absolute atomic E-state index is 6.04. The molecule has 0 spiro atoms.